The lowest BCUT2D eigenvalue weighted by molar-refractivity contribution is 0.0734. The number of benzene rings is 3. The standard InChI is InChI=1S/C27H25N3O4/c1-17-4-6-18(7-5-17)25-28-29-26(34-25)19-8-10-20(11-9-19)27(31)30-13-12-21-14-23(32-2)24(33-3)15-22(21)16-30/h4-11,14-15H,12-13,16H2,1-3H3. The summed E-state index contributed by atoms with van der Waals surface area (Å²) in [6, 6.07) is 19.2. The van der Waals surface area contributed by atoms with Crippen LogP contribution in [0.25, 0.3) is 22.9 Å². The number of aromatic nitrogens is 2. The molecular weight excluding hydrogens is 430 g/mol. The molecule has 172 valence electrons. The van der Waals surface area contributed by atoms with Crippen molar-refractivity contribution in [3.63, 3.8) is 0 Å². The van der Waals surface area contributed by atoms with Crippen LogP contribution in [0.5, 0.6) is 11.5 Å². The number of carbonyl (C=O) groups excluding carboxylic acids is 1. The first kappa shape index (κ1) is 21.7. The number of fused-ring (bicyclic) bond motifs is 1. The van der Waals surface area contributed by atoms with Gasteiger partial charge in [0.25, 0.3) is 5.91 Å². The second kappa shape index (κ2) is 9.02. The Labute approximate surface area is 198 Å². The van der Waals surface area contributed by atoms with E-state index in [9.17, 15) is 4.79 Å². The smallest absolute Gasteiger partial charge is 0.254 e. The highest BCUT2D eigenvalue weighted by atomic mass is 16.5. The minimum atomic E-state index is -0.0159. The zero-order chi connectivity index (χ0) is 23.7. The number of aryl methyl sites for hydroxylation is 1. The van der Waals surface area contributed by atoms with Crippen molar-refractivity contribution in [3.8, 4) is 34.4 Å². The molecule has 1 amide bonds. The lowest BCUT2D eigenvalue weighted by Gasteiger charge is -2.29. The van der Waals surface area contributed by atoms with Gasteiger partial charge < -0.3 is 18.8 Å². The van der Waals surface area contributed by atoms with Crippen molar-refractivity contribution in [2.24, 2.45) is 0 Å². The van der Waals surface area contributed by atoms with E-state index in [0.29, 0.717) is 41.9 Å². The fourth-order valence-electron chi connectivity index (χ4n) is 4.15. The molecule has 34 heavy (non-hydrogen) atoms. The van der Waals surface area contributed by atoms with Crippen LogP contribution in [-0.4, -0.2) is 41.8 Å². The minimum absolute atomic E-state index is 0.0159. The molecule has 0 spiro atoms. The van der Waals surface area contributed by atoms with Gasteiger partial charge in [0.05, 0.1) is 14.2 Å². The summed E-state index contributed by atoms with van der Waals surface area (Å²) >= 11 is 0. The number of methoxy groups -OCH3 is 2. The minimum Gasteiger partial charge on any atom is -0.493 e. The van der Waals surface area contributed by atoms with Crippen LogP contribution in [0.3, 0.4) is 0 Å². The Bertz CT molecular complexity index is 1330. The van der Waals surface area contributed by atoms with Crippen molar-refractivity contribution in [2.45, 2.75) is 19.9 Å². The molecule has 0 aliphatic carbocycles. The molecule has 7 nitrogen and oxygen atoms in total. The third-order valence-electron chi connectivity index (χ3n) is 6.11. The molecule has 0 N–H and O–H groups in total. The summed E-state index contributed by atoms with van der Waals surface area (Å²) in [5.74, 6) is 2.25. The van der Waals surface area contributed by atoms with E-state index in [0.717, 1.165) is 23.1 Å². The van der Waals surface area contributed by atoms with Gasteiger partial charge in [0.15, 0.2) is 11.5 Å². The van der Waals surface area contributed by atoms with Crippen molar-refractivity contribution in [1.82, 2.24) is 15.1 Å². The molecule has 0 saturated carbocycles. The van der Waals surface area contributed by atoms with E-state index in [-0.39, 0.29) is 5.91 Å². The molecular formula is C27H25N3O4. The van der Waals surface area contributed by atoms with E-state index in [1.165, 1.54) is 11.1 Å². The van der Waals surface area contributed by atoms with Gasteiger partial charge in [0.2, 0.25) is 11.8 Å². The number of carbonyl (C=O) groups is 1. The van der Waals surface area contributed by atoms with Crippen LogP contribution >= 0.6 is 0 Å². The number of rotatable bonds is 5. The van der Waals surface area contributed by atoms with E-state index in [2.05, 4.69) is 10.2 Å². The molecule has 2 heterocycles. The predicted molar refractivity (Wildman–Crippen MR) is 128 cm³/mol. The molecule has 3 aromatic carbocycles. The van der Waals surface area contributed by atoms with E-state index >= 15 is 0 Å². The summed E-state index contributed by atoms with van der Waals surface area (Å²) in [6.07, 6.45) is 0.767. The quantitative estimate of drug-likeness (QED) is 0.425. The van der Waals surface area contributed by atoms with Gasteiger partial charge in [0, 0.05) is 29.8 Å². The summed E-state index contributed by atoms with van der Waals surface area (Å²) in [4.78, 5) is 15.0. The molecule has 4 aromatic rings. The van der Waals surface area contributed by atoms with Gasteiger partial charge >= 0.3 is 0 Å². The van der Waals surface area contributed by atoms with Crippen molar-refractivity contribution in [2.75, 3.05) is 20.8 Å². The van der Waals surface area contributed by atoms with Crippen molar-refractivity contribution in [1.29, 1.82) is 0 Å². The van der Waals surface area contributed by atoms with E-state index in [1.807, 2.05) is 60.4 Å². The van der Waals surface area contributed by atoms with Crippen molar-refractivity contribution < 1.29 is 18.7 Å². The Morgan fingerprint density at radius 3 is 2.00 bits per heavy atom. The third-order valence-corrected chi connectivity index (χ3v) is 6.11. The molecule has 1 aliphatic rings. The first-order chi connectivity index (χ1) is 16.6. The van der Waals surface area contributed by atoms with E-state index in [1.54, 1.807) is 26.4 Å². The number of ether oxygens (including phenoxy) is 2. The molecule has 5 rings (SSSR count). The summed E-state index contributed by atoms with van der Waals surface area (Å²) < 4.78 is 16.7. The Morgan fingerprint density at radius 1 is 0.853 bits per heavy atom. The Morgan fingerprint density at radius 2 is 1.41 bits per heavy atom. The molecule has 1 aromatic heterocycles. The highest BCUT2D eigenvalue weighted by Crippen LogP contribution is 2.33. The van der Waals surface area contributed by atoms with Gasteiger partial charge in [0.1, 0.15) is 0 Å². The highest BCUT2D eigenvalue weighted by Gasteiger charge is 2.24. The first-order valence-corrected chi connectivity index (χ1v) is 11.1. The maximum absolute atomic E-state index is 13.2. The number of hydrogen-bond donors (Lipinski definition) is 0. The topological polar surface area (TPSA) is 77.7 Å². The maximum Gasteiger partial charge on any atom is 0.254 e. The lowest BCUT2D eigenvalue weighted by atomic mass is 9.98. The third kappa shape index (κ3) is 4.12. The van der Waals surface area contributed by atoms with Crippen LogP contribution in [-0.2, 0) is 13.0 Å². The monoisotopic (exact) mass is 455 g/mol. The van der Waals surface area contributed by atoms with Crippen LogP contribution in [0.2, 0.25) is 0 Å². The lowest BCUT2D eigenvalue weighted by Crippen LogP contribution is -2.36. The molecule has 0 atom stereocenters. The second-order valence-electron chi connectivity index (χ2n) is 8.31. The zero-order valence-electron chi connectivity index (χ0n) is 19.4. The van der Waals surface area contributed by atoms with Crippen LogP contribution in [0.15, 0.2) is 65.1 Å². The molecule has 0 fully saturated rings. The van der Waals surface area contributed by atoms with Crippen LogP contribution < -0.4 is 9.47 Å². The Balaban J connectivity index is 1.31. The van der Waals surface area contributed by atoms with Gasteiger partial charge in [-0.3, -0.25) is 4.79 Å². The van der Waals surface area contributed by atoms with Crippen molar-refractivity contribution >= 4 is 5.91 Å². The fraction of sp³-hybridized carbons (Fsp3) is 0.222. The average molecular weight is 456 g/mol. The first-order valence-electron chi connectivity index (χ1n) is 11.1. The number of amides is 1. The van der Waals surface area contributed by atoms with Gasteiger partial charge in [-0.1, -0.05) is 17.7 Å². The zero-order valence-corrected chi connectivity index (χ0v) is 19.4. The van der Waals surface area contributed by atoms with Gasteiger partial charge in [-0.15, -0.1) is 10.2 Å². The molecule has 0 radical (unpaired) electrons. The van der Waals surface area contributed by atoms with E-state index < -0.39 is 0 Å². The summed E-state index contributed by atoms with van der Waals surface area (Å²) in [7, 11) is 3.24. The number of nitrogens with zero attached hydrogens (tertiary/aromatic N) is 3. The normalized spacial score (nSPS) is 12.9. The maximum atomic E-state index is 13.2. The summed E-state index contributed by atoms with van der Waals surface area (Å²) in [5.41, 5.74) is 5.67. The summed E-state index contributed by atoms with van der Waals surface area (Å²) in [6.45, 7) is 3.20. The second-order valence-corrected chi connectivity index (χ2v) is 8.31. The molecule has 0 saturated heterocycles. The highest BCUT2D eigenvalue weighted by molar-refractivity contribution is 5.94. The predicted octanol–water partition coefficient (Wildman–Crippen LogP) is 4.93. The van der Waals surface area contributed by atoms with Gasteiger partial charge in [-0.05, 0) is 73.0 Å². The molecule has 1 aliphatic heterocycles. The van der Waals surface area contributed by atoms with Crippen LogP contribution in [0, 0.1) is 6.92 Å². The Hall–Kier alpha value is -4.13. The van der Waals surface area contributed by atoms with Gasteiger partial charge in [-0.2, -0.15) is 0 Å². The number of hydrogen-bond acceptors (Lipinski definition) is 6. The van der Waals surface area contributed by atoms with Crippen LogP contribution in [0.1, 0.15) is 27.0 Å². The molecule has 0 unspecified atom stereocenters. The molecule has 7 heteroatoms. The van der Waals surface area contributed by atoms with Crippen LogP contribution in [0.4, 0.5) is 0 Å². The summed E-state index contributed by atoms with van der Waals surface area (Å²) in [5, 5.41) is 8.33. The fourth-order valence-corrected chi connectivity index (χ4v) is 4.15. The molecule has 0 bridgehead atoms. The Kier molecular flexibility index (Phi) is 5.76. The van der Waals surface area contributed by atoms with E-state index in [4.69, 9.17) is 13.9 Å². The average Bonchev–Trinajstić information content (AvgIpc) is 3.38. The largest absolute Gasteiger partial charge is 0.493 e. The SMILES string of the molecule is COc1cc2c(cc1OC)CN(C(=O)c1ccc(-c3nnc(-c4ccc(C)cc4)o3)cc1)CC2. The van der Waals surface area contributed by atoms with Crippen molar-refractivity contribution in [3.05, 3.63) is 82.9 Å². The van der Waals surface area contributed by atoms with Gasteiger partial charge in [-0.25, -0.2) is 0 Å².